The zero-order valence-corrected chi connectivity index (χ0v) is 20.3. The Balaban J connectivity index is 1.07. The molecule has 5 N–H and O–H groups in total. The second kappa shape index (κ2) is 11.0. The fourth-order valence-corrected chi connectivity index (χ4v) is 6.83. The molecule has 10 atom stereocenters. The number of carbonyl (C=O) groups is 1. The van der Waals surface area contributed by atoms with Gasteiger partial charge in [0.1, 0.15) is 12.3 Å². The van der Waals surface area contributed by atoms with Crippen LogP contribution in [0, 0.1) is 17.8 Å². The summed E-state index contributed by atoms with van der Waals surface area (Å²) in [7, 11) is 2.04. The number of fused-ring (bicyclic) bond motifs is 1. The number of hydrogen-bond acceptors (Lipinski definition) is 7. The van der Waals surface area contributed by atoms with Gasteiger partial charge in [0, 0.05) is 43.3 Å². The number of halogens is 2. The van der Waals surface area contributed by atoms with Crippen molar-refractivity contribution in [3.63, 3.8) is 0 Å². The van der Waals surface area contributed by atoms with Crippen LogP contribution in [0.5, 0.6) is 0 Å². The van der Waals surface area contributed by atoms with Crippen molar-refractivity contribution in [3.8, 4) is 0 Å². The maximum atomic E-state index is 14.4. The monoisotopic (exact) mass is 484 g/mol. The molecule has 0 radical (unpaired) electrons. The van der Waals surface area contributed by atoms with Crippen LogP contribution >= 0.6 is 0 Å². The quantitative estimate of drug-likeness (QED) is 0.381. The molecule has 0 spiro atoms. The van der Waals surface area contributed by atoms with Gasteiger partial charge in [0.05, 0.1) is 31.1 Å². The second-order valence-corrected chi connectivity index (χ2v) is 11.1. The summed E-state index contributed by atoms with van der Waals surface area (Å²) in [4.78, 5) is 15.3. The average molecular weight is 485 g/mol. The fourth-order valence-electron chi connectivity index (χ4n) is 6.83. The highest BCUT2D eigenvalue weighted by Gasteiger charge is 2.43. The molecule has 3 aliphatic heterocycles. The smallest absolute Gasteiger partial charge is 0.223 e. The third kappa shape index (κ3) is 5.42. The lowest BCUT2D eigenvalue weighted by Gasteiger charge is -2.35. The fraction of sp³-hybridized carbons (Fsp3) is 0.958. The second-order valence-electron chi connectivity index (χ2n) is 11.1. The summed E-state index contributed by atoms with van der Waals surface area (Å²) in [5, 5.41) is 10.0. The maximum Gasteiger partial charge on any atom is 0.223 e. The van der Waals surface area contributed by atoms with Crippen molar-refractivity contribution in [2.75, 3.05) is 33.3 Å². The Hall–Kier alpha value is -0.910. The molecular weight excluding hydrogens is 442 g/mol. The molecule has 8 nitrogen and oxygen atoms in total. The molecule has 5 rings (SSSR count). The van der Waals surface area contributed by atoms with Gasteiger partial charge in [0.25, 0.3) is 0 Å². The van der Waals surface area contributed by atoms with E-state index in [1.165, 1.54) is 0 Å². The van der Waals surface area contributed by atoms with Crippen LogP contribution < -0.4 is 26.8 Å². The normalized spacial score (nSPS) is 45.7. The van der Waals surface area contributed by atoms with Crippen molar-refractivity contribution in [3.05, 3.63) is 0 Å². The first kappa shape index (κ1) is 24.8. The number of carbonyl (C=O) groups excluding carboxylic acids is 1. The lowest BCUT2D eigenvalue weighted by Crippen LogP contribution is -2.52. The first-order chi connectivity index (χ1) is 16.5. The third-order valence-corrected chi connectivity index (χ3v) is 8.95. The molecule has 0 aromatic heterocycles. The molecule has 0 aromatic carbocycles. The van der Waals surface area contributed by atoms with Crippen molar-refractivity contribution >= 4 is 5.91 Å². The largest absolute Gasteiger partial charge is 0.376 e. The van der Waals surface area contributed by atoms with E-state index in [-0.39, 0.29) is 48.1 Å². The minimum atomic E-state index is -0.840. The predicted octanol–water partition coefficient (Wildman–Crippen LogP) is 0.796. The van der Waals surface area contributed by atoms with E-state index in [1.807, 2.05) is 7.05 Å². The van der Waals surface area contributed by atoms with Gasteiger partial charge in [0.15, 0.2) is 0 Å². The molecule has 34 heavy (non-hydrogen) atoms. The summed E-state index contributed by atoms with van der Waals surface area (Å²) in [5.74, 6) is 0.359. The van der Waals surface area contributed by atoms with Gasteiger partial charge in [-0.3, -0.25) is 9.69 Å². The zero-order chi connectivity index (χ0) is 23.7. The summed E-state index contributed by atoms with van der Waals surface area (Å²) in [6, 6.07) is 0.313. The average Bonchev–Trinajstić information content (AvgIpc) is 3.40. The molecule has 0 aromatic rings. The van der Waals surface area contributed by atoms with Crippen LogP contribution in [0.1, 0.15) is 51.4 Å². The predicted molar refractivity (Wildman–Crippen MR) is 125 cm³/mol. The minimum absolute atomic E-state index is 0.00462. The molecule has 1 amide bonds. The number of alkyl halides is 2. The highest BCUT2D eigenvalue weighted by molar-refractivity contribution is 5.79. The Morgan fingerprint density at radius 3 is 2.82 bits per heavy atom. The van der Waals surface area contributed by atoms with Crippen LogP contribution in [0.2, 0.25) is 0 Å². The van der Waals surface area contributed by atoms with E-state index in [0.717, 1.165) is 51.6 Å². The summed E-state index contributed by atoms with van der Waals surface area (Å²) < 4.78 is 33.9. The number of likely N-dealkylation sites (N-methyl/N-ethyl adjacent to an activating group) is 1. The molecule has 3 saturated heterocycles. The van der Waals surface area contributed by atoms with E-state index in [4.69, 9.17) is 4.74 Å². The number of nitrogens with zero attached hydrogens (tertiary/aromatic N) is 1. The molecule has 3 heterocycles. The van der Waals surface area contributed by atoms with Gasteiger partial charge in [-0.05, 0) is 52.1 Å². The topological polar surface area (TPSA) is 89.7 Å². The van der Waals surface area contributed by atoms with E-state index < -0.39 is 12.3 Å². The highest BCUT2D eigenvalue weighted by Crippen LogP contribution is 2.36. The number of ether oxygens (including phenoxy) is 1. The van der Waals surface area contributed by atoms with Crippen LogP contribution in [0.3, 0.4) is 0 Å². The Kier molecular flexibility index (Phi) is 8.02. The molecule has 9 unspecified atom stereocenters. The van der Waals surface area contributed by atoms with Gasteiger partial charge in [-0.15, -0.1) is 0 Å². The molecule has 0 bridgehead atoms. The summed E-state index contributed by atoms with van der Waals surface area (Å²) >= 11 is 0. The van der Waals surface area contributed by atoms with Gasteiger partial charge in [-0.2, -0.15) is 0 Å². The first-order valence-corrected chi connectivity index (χ1v) is 13.4. The first-order valence-electron chi connectivity index (χ1n) is 13.4. The van der Waals surface area contributed by atoms with E-state index in [9.17, 15) is 13.6 Å². The van der Waals surface area contributed by atoms with Crippen LogP contribution in [-0.2, 0) is 9.53 Å². The molecule has 5 aliphatic rings. The Labute approximate surface area is 201 Å². The molecule has 2 saturated carbocycles. The lowest BCUT2D eigenvalue weighted by atomic mass is 9.81. The maximum absolute atomic E-state index is 14.4. The number of rotatable bonds is 6. The SMILES string of the molecule is CN1C(CNC2CCCC(C(=O)N[C@H]3COC4CC(F)CCC43)C2)NNC1C1CCNCC1F. The number of amides is 1. The van der Waals surface area contributed by atoms with Crippen molar-refractivity contribution < 1.29 is 18.3 Å². The van der Waals surface area contributed by atoms with Crippen LogP contribution in [0.4, 0.5) is 8.78 Å². The number of nitrogens with one attached hydrogen (secondary N) is 5. The molecule has 2 aliphatic carbocycles. The number of hydrogen-bond donors (Lipinski definition) is 5. The molecule has 5 fully saturated rings. The van der Waals surface area contributed by atoms with Gasteiger partial charge >= 0.3 is 0 Å². The van der Waals surface area contributed by atoms with Gasteiger partial charge in [-0.1, -0.05) is 6.42 Å². The van der Waals surface area contributed by atoms with E-state index in [0.29, 0.717) is 32.0 Å². The number of hydrazine groups is 1. The van der Waals surface area contributed by atoms with Crippen molar-refractivity contribution in [2.45, 2.75) is 94.2 Å². The van der Waals surface area contributed by atoms with Gasteiger partial charge in [0.2, 0.25) is 5.91 Å². The van der Waals surface area contributed by atoms with Crippen LogP contribution in [0.25, 0.3) is 0 Å². The molecular formula is C24H42F2N6O2. The minimum Gasteiger partial charge on any atom is -0.376 e. The summed E-state index contributed by atoms with van der Waals surface area (Å²) in [5.41, 5.74) is 6.64. The van der Waals surface area contributed by atoms with Crippen LogP contribution in [0.15, 0.2) is 0 Å². The Morgan fingerprint density at radius 2 is 1.97 bits per heavy atom. The Morgan fingerprint density at radius 1 is 1.09 bits per heavy atom. The molecule has 194 valence electrons. The van der Waals surface area contributed by atoms with E-state index in [1.54, 1.807) is 0 Å². The number of piperidine rings is 1. The van der Waals surface area contributed by atoms with Crippen LogP contribution in [-0.4, -0.2) is 87.0 Å². The standard InChI is InChI=1S/C24H42F2N6O2/c1-32-22(30-31-23(32)17-7-8-27-11-19(17)26)12-28-16-4-2-3-14(9-16)24(33)29-20-13-34-21-10-15(25)5-6-18(20)21/h14-23,27-28,30-31H,2-13H2,1H3,(H,29,33)/t14?,15?,16?,17?,18?,19?,20-,21?,22?,23?/m0/s1. The highest BCUT2D eigenvalue weighted by atomic mass is 19.1. The van der Waals surface area contributed by atoms with Crippen molar-refractivity contribution in [2.24, 2.45) is 17.8 Å². The molecule has 10 heteroatoms. The third-order valence-electron chi connectivity index (χ3n) is 8.95. The summed E-state index contributed by atoms with van der Waals surface area (Å²) in [6.07, 6.45) is 4.92. The van der Waals surface area contributed by atoms with Crippen molar-refractivity contribution in [1.82, 2.24) is 31.7 Å². The van der Waals surface area contributed by atoms with Gasteiger partial charge < -0.3 is 20.7 Å². The Bertz CT molecular complexity index is 704. The van der Waals surface area contributed by atoms with Crippen molar-refractivity contribution in [1.29, 1.82) is 0 Å². The van der Waals surface area contributed by atoms with Gasteiger partial charge in [-0.25, -0.2) is 19.6 Å². The lowest BCUT2D eigenvalue weighted by molar-refractivity contribution is -0.127. The van der Waals surface area contributed by atoms with E-state index >= 15 is 0 Å². The van der Waals surface area contributed by atoms with E-state index in [2.05, 4.69) is 31.7 Å². The zero-order valence-electron chi connectivity index (χ0n) is 20.3. The summed E-state index contributed by atoms with van der Waals surface area (Å²) in [6.45, 7) is 2.53.